The van der Waals surface area contributed by atoms with Crippen LogP contribution in [-0.2, 0) is 6.54 Å². The highest BCUT2D eigenvalue weighted by molar-refractivity contribution is 4.88. The van der Waals surface area contributed by atoms with Crippen molar-refractivity contribution in [1.82, 2.24) is 14.9 Å². The first-order valence-corrected chi connectivity index (χ1v) is 5.98. The minimum Gasteiger partial charge on any atom is -0.334 e. The summed E-state index contributed by atoms with van der Waals surface area (Å²) in [6, 6.07) is 0.683. The number of aryl methyl sites for hydroxylation is 1. The molecule has 0 amide bonds. The van der Waals surface area contributed by atoms with E-state index >= 15 is 0 Å². The van der Waals surface area contributed by atoms with Crippen LogP contribution in [0, 0.1) is 12.8 Å². The van der Waals surface area contributed by atoms with Crippen LogP contribution in [0.25, 0.3) is 0 Å². The highest BCUT2D eigenvalue weighted by Crippen LogP contribution is 2.29. The number of imidazole rings is 1. The molecule has 0 spiro atoms. The predicted molar refractivity (Wildman–Crippen MR) is 61.8 cm³/mol. The maximum absolute atomic E-state index is 4.21. The first-order valence-electron chi connectivity index (χ1n) is 5.98. The van der Waals surface area contributed by atoms with Crippen molar-refractivity contribution >= 4 is 0 Å². The largest absolute Gasteiger partial charge is 0.334 e. The summed E-state index contributed by atoms with van der Waals surface area (Å²) in [7, 11) is 0. The van der Waals surface area contributed by atoms with E-state index in [9.17, 15) is 0 Å². The van der Waals surface area contributed by atoms with Gasteiger partial charge in [-0.2, -0.15) is 0 Å². The van der Waals surface area contributed by atoms with Gasteiger partial charge >= 0.3 is 0 Å². The summed E-state index contributed by atoms with van der Waals surface area (Å²) in [4.78, 5) is 4.21. The normalized spacial score (nSPS) is 18.8. The lowest BCUT2D eigenvalue weighted by Crippen LogP contribution is -2.38. The highest BCUT2D eigenvalue weighted by atomic mass is 15.1. The third kappa shape index (κ3) is 2.59. The van der Waals surface area contributed by atoms with E-state index in [2.05, 4.69) is 28.7 Å². The second kappa shape index (κ2) is 4.79. The molecule has 1 atom stereocenters. The molecule has 1 fully saturated rings. The minimum absolute atomic E-state index is 0.683. The van der Waals surface area contributed by atoms with Crippen molar-refractivity contribution in [2.24, 2.45) is 5.92 Å². The monoisotopic (exact) mass is 207 g/mol. The van der Waals surface area contributed by atoms with Crippen LogP contribution in [0.3, 0.4) is 0 Å². The van der Waals surface area contributed by atoms with Crippen LogP contribution in [0.4, 0.5) is 0 Å². The van der Waals surface area contributed by atoms with Gasteiger partial charge < -0.3 is 9.88 Å². The average molecular weight is 207 g/mol. The summed E-state index contributed by atoms with van der Waals surface area (Å²) < 4.78 is 2.19. The van der Waals surface area contributed by atoms with Crippen molar-refractivity contribution in [2.45, 2.75) is 45.7 Å². The zero-order valence-electron chi connectivity index (χ0n) is 9.74. The number of rotatable bonds is 5. The number of nitrogens with one attached hydrogen (secondary N) is 1. The van der Waals surface area contributed by atoms with Crippen molar-refractivity contribution < 1.29 is 0 Å². The molecule has 0 bridgehead atoms. The van der Waals surface area contributed by atoms with Crippen molar-refractivity contribution in [3.63, 3.8) is 0 Å². The van der Waals surface area contributed by atoms with Gasteiger partial charge in [0.25, 0.3) is 0 Å². The zero-order valence-corrected chi connectivity index (χ0v) is 9.74. The van der Waals surface area contributed by atoms with Crippen molar-refractivity contribution in [3.8, 4) is 0 Å². The van der Waals surface area contributed by atoms with Gasteiger partial charge in [0.15, 0.2) is 0 Å². The van der Waals surface area contributed by atoms with Crippen LogP contribution >= 0.6 is 0 Å². The molecule has 1 N–H and O–H groups in total. The van der Waals surface area contributed by atoms with E-state index < -0.39 is 0 Å². The van der Waals surface area contributed by atoms with Crippen molar-refractivity contribution in [3.05, 3.63) is 18.2 Å². The Hall–Kier alpha value is -0.830. The van der Waals surface area contributed by atoms with Crippen LogP contribution in [0.5, 0.6) is 0 Å². The molecule has 1 aromatic rings. The molecule has 1 aliphatic carbocycles. The van der Waals surface area contributed by atoms with Gasteiger partial charge in [-0.1, -0.05) is 6.42 Å². The number of nitrogens with zero attached hydrogens (tertiary/aromatic N) is 2. The third-order valence-electron chi connectivity index (χ3n) is 3.60. The Kier molecular flexibility index (Phi) is 3.41. The second-order valence-electron chi connectivity index (χ2n) is 4.60. The zero-order chi connectivity index (χ0) is 10.7. The Morgan fingerprint density at radius 3 is 2.93 bits per heavy atom. The van der Waals surface area contributed by atoms with Gasteiger partial charge in [-0.3, -0.25) is 0 Å². The SMILES string of the molecule is Cc1nccn1CCNC(C)C1CCC1. The molecule has 3 nitrogen and oxygen atoms in total. The van der Waals surface area contributed by atoms with E-state index in [1.807, 2.05) is 12.4 Å². The van der Waals surface area contributed by atoms with Crippen molar-refractivity contribution in [2.75, 3.05) is 6.54 Å². The molecular formula is C12H21N3. The van der Waals surface area contributed by atoms with E-state index in [1.54, 1.807) is 0 Å². The minimum atomic E-state index is 0.683. The van der Waals surface area contributed by atoms with E-state index in [4.69, 9.17) is 0 Å². The number of aromatic nitrogens is 2. The summed E-state index contributed by atoms with van der Waals surface area (Å²) in [5.74, 6) is 2.03. The summed E-state index contributed by atoms with van der Waals surface area (Å²) in [6.45, 7) is 6.44. The molecule has 1 aliphatic rings. The fourth-order valence-electron chi connectivity index (χ4n) is 2.16. The Morgan fingerprint density at radius 2 is 2.40 bits per heavy atom. The Balaban J connectivity index is 1.68. The molecule has 2 rings (SSSR count). The molecule has 1 saturated carbocycles. The molecule has 0 radical (unpaired) electrons. The van der Waals surface area contributed by atoms with Gasteiger partial charge in [0.2, 0.25) is 0 Å². The van der Waals surface area contributed by atoms with Crippen LogP contribution in [0.1, 0.15) is 32.0 Å². The fourth-order valence-corrected chi connectivity index (χ4v) is 2.16. The van der Waals surface area contributed by atoms with E-state index in [-0.39, 0.29) is 0 Å². The maximum atomic E-state index is 4.21. The molecular weight excluding hydrogens is 186 g/mol. The highest BCUT2D eigenvalue weighted by Gasteiger charge is 2.22. The van der Waals surface area contributed by atoms with E-state index in [0.29, 0.717) is 6.04 Å². The standard InChI is InChI=1S/C12H21N3/c1-10(12-4-3-5-12)13-6-8-15-9-7-14-11(15)2/h7,9-10,12-13H,3-6,8H2,1-2H3. The maximum Gasteiger partial charge on any atom is 0.105 e. The molecule has 15 heavy (non-hydrogen) atoms. The second-order valence-corrected chi connectivity index (χ2v) is 4.60. The molecule has 0 aromatic carbocycles. The molecule has 84 valence electrons. The lowest BCUT2D eigenvalue weighted by molar-refractivity contribution is 0.239. The van der Waals surface area contributed by atoms with Crippen molar-refractivity contribution in [1.29, 1.82) is 0 Å². The summed E-state index contributed by atoms with van der Waals surface area (Å²) in [5, 5.41) is 3.60. The molecule has 1 heterocycles. The summed E-state index contributed by atoms with van der Waals surface area (Å²) in [6.07, 6.45) is 8.17. The van der Waals surface area contributed by atoms with E-state index in [1.165, 1.54) is 19.3 Å². The Morgan fingerprint density at radius 1 is 1.60 bits per heavy atom. The van der Waals surface area contributed by atoms with Crippen LogP contribution < -0.4 is 5.32 Å². The Bertz CT molecular complexity index is 302. The molecule has 0 aliphatic heterocycles. The molecule has 0 saturated heterocycles. The first-order chi connectivity index (χ1) is 7.27. The van der Waals surface area contributed by atoms with Gasteiger partial charge in [-0.15, -0.1) is 0 Å². The van der Waals surface area contributed by atoms with Gasteiger partial charge in [0.1, 0.15) is 5.82 Å². The van der Waals surface area contributed by atoms with E-state index in [0.717, 1.165) is 24.8 Å². The molecule has 1 unspecified atom stereocenters. The summed E-state index contributed by atoms with van der Waals surface area (Å²) in [5.41, 5.74) is 0. The third-order valence-corrected chi connectivity index (χ3v) is 3.60. The average Bonchev–Trinajstić information content (AvgIpc) is 2.49. The number of hydrogen-bond donors (Lipinski definition) is 1. The van der Waals surface area contributed by atoms with Gasteiger partial charge in [-0.25, -0.2) is 4.98 Å². The first kappa shape index (κ1) is 10.7. The van der Waals surface area contributed by atoms with Crippen LogP contribution in [0.15, 0.2) is 12.4 Å². The van der Waals surface area contributed by atoms with Crippen LogP contribution in [0.2, 0.25) is 0 Å². The predicted octanol–water partition coefficient (Wildman–Crippen LogP) is 1.97. The lowest BCUT2D eigenvalue weighted by atomic mass is 9.80. The quantitative estimate of drug-likeness (QED) is 0.800. The lowest BCUT2D eigenvalue weighted by Gasteiger charge is -2.32. The summed E-state index contributed by atoms with van der Waals surface area (Å²) >= 11 is 0. The smallest absolute Gasteiger partial charge is 0.105 e. The molecule has 1 aromatic heterocycles. The van der Waals surface area contributed by atoms with Gasteiger partial charge in [-0.05, 0) is 32.6 Å². The molecule has 3 heteroatoms. The topological polar surface area (TPSA) is 29.9 Å². The fraction of sp³-hybridized carbons (Fsp3) is 0.750. The number of hydrogen-bond acceptors (Lipinski definition) is 2. The van der Waals surface area contributed by atoms with Gasteiger partial charge in [0.05, 0.1) is 0 Å². The van der Waals surface area contributed by atoms with Crippen LogP contribution in [-0.4, -0.2) is 22.1 Å². The Labute approximate surface area is 91.9 Å². The van der Waals surface area contributed by atoms with Gasteiger partial charge in [0, 0.05) is 31.5 Å².